The average molecular weight is 370 g/mol. The molecule has 1 aliphatic rings. The lowest BCUT2D eigenvalue weighted by atomic mass is 9.93. The van der Waals surface area contributed by atoms with Gasteiger partial charge in [0, 0.05) is 17.8 Å². The first-order chi connectivity index (χ1) is 13.0. The van der Waals surface area contributed by atoms with Crippen LogP contribution in [0.25, 0.3) is 0 Å². The molecule has 3 rings (SSSR count). The molecular weight excluding hydrogens is 344 g/mol. The highest BCUT2D eigenvalue weighted by molar-refractivity contribution is 5.73. The Bertz CT molecular complexity index is 791. The van der Waals surface area contributed by atoms with Crippen molar-refractivity contribution in [2.45, 2.75) is 38.3 Å². The number of methoxy groups -OCH3 is 2. The Labute approximate surface area is 159 Å². The molecule has 2 unspecified atom stereocenters. The third-order valence-corrected chi connectivity index (χ3v) is 5.11. The number of carboxylic acids is 1. The number of hydrogen-bond acceptors (Lipinski definition) is 5. The number of carboxylic acid groups (broad SMARTS) is 1. The van der Waals surface area contributed by atoms with E-state index in [9.17, 15) is 9.90 Å². The van der Waals surface area contributed by atoms with Gasteiger partial charge >= 0.3 is 5.97 Å². The van der Waals surface area contributed by atoms with Crippen LogP contribution in [-0.2, 0) is 4.79 Å². The zero-order valence-electron chi connectivity index (χ0n) is 16.0. The molecule has 6 nitrogen and oxygen atoms in total. The largest absolute Gasteiger partial charge is 0.497 e. The minimum Gasteiger partial charge on any atom is -0.497 e. The number of ether oxygens (including phenoxy) is 2. The molecule has 0 aliphatic carbocycles. The van der Waals surface area contributed by atoms with Crippen molar-refractivity contribution in [3.05, 3.63) is 53.3 Å². The Kier molecular flexibility index (Phi) is 5.96. The van der Waals surface area contributed by atoms with E-state index in [1.54, 1.807) is 14.2 Å². The van der Waals surface area contributed by atoms with Crippen LogP contribution < -0.4 is 9.47 Å². The third kappa shape index (κ3) is 4.06. The Morgan fingerprint density at radius 3 is 2.67 bits per heavy atom. The molecule has 1 aliphatic heterocycles. The molecule has 1 aromatic heterocycles. The number of piperidine rings is 1. The van der Waals surface area contributed by atoms with Crippen LogP contribution in [0.2, 0.25) is 0 Å². The summed E-state index contributed by atoms with van der Waals surface area (Å²) in [5, 5.41) is 9.79. The van der Waals surface area contributed by atoms with E-state index in [2.05, 4.69) is 4.98 Å². The average Bonchev–Trinajstić information content (AvgIpc) is 2.70. The first-order valence-corrected chi connectivity index (χ1v) is 9.18. The van der Waals surface area contributed by atoms with E-state index in [0.29, 0.717) is 24.5 Å². The Morgan fingerprint density at radius 2 is 2.04 bits per heavy atom. The van der Waals surface area contributed by atoms with Crippen LogP contribution in [0.4, 0.5) is 0 Å². The van der Waals surface area contributed by atoms with E-state index >= 15 is 0 Å². The number of aromatic nitrogens is 1. The van der Waals surface area contributed by atoms with Crippen molar-refractivity contribution in [3.63, 3.8) is 0 Å². The molecule has 1 aromatic carbocycles. The molecule has 1 saturated heterocycles. The van der Waals surface area contributed by atoms with Crippen LogP contribution in [-0.4, -0.2) is 47.8 Å². The summed E-state index contributed by atoms with van der Waals surface area (Å²) >= 11 is 0. The Hall–Kier alpha value is -2.60. The van der Waals surface area contributed by atoms with Gasteiger partial charge in [0.25, 0.3) is 0 Å². The standard InChI is InChI=1S/C21H26N2O4/c1-14-7-10-17(22-13-14)20(23-11-5-4-6-18(23)21(24)25)16-9-8-15(26-2)12-19(16)27-3/h7-10,12-13,18,20H,4-6,11H2,1-3H3,(H,24,25). The molecule has 0 radical (unpaired) electrons. The van der Waals surface area contributed by atoms with Crippen LogP contribution in [0, 0.1) is 6.92 Å². The Balaban J connectivity index is 2.13. The predicted octanol–water partition coefficient (Wildman–Crippen LogP) is 3.44. The van der Waals surface area contributed by atoms with Gasteiger partial charge in [0.2, 0.25) is 0 Å². The van der Waals surface area contributed by atoms with Crippen molar-refractivity contribution in [1.82, 2.24) is 9.88 Å². The lowest BCUT2D eigenvalue weighted by molar-refractivity contribution is -0.145. The first kappa shape index (κ1) is 19.2. The number of aliphatic carboxylic acids is 1. The number of benzene rings is 1. The number of rotatable bonds is 6. The van der Waals surface area contributed by atoms with E-state index in [-0.39, 0.29) is 6.04 Å². The Morgan fingerprint density at radius 1 is 1.22 bits per heavy atom. The molecule has 6 heteroatoms. The van der Waals surface area contributed by atoms with Crippen LogP contribution in [0.5, 0.6) is 11.5 Å². The third-order valence-electron chi connectivity index (χ3n) is 5.11. The van der Waals surface area contributed by atoms with Gasteiger partial charge < -0.3 is 14.6 Å². The first-order valence-electron chi connectivity index (χ1n) is 9.18. The van der Waals surface area contributed by atoms with Gasteiger partial charge in [-0.1, -0.05) is 12.5 Å². The van der Waals surface area contributed by atoms with Gasteiger partial charge in [0.15, 0.2) is 0 Å². The monoisotopic (exact) mass is 370 g/mol. The number of likely N-dealkylation sites (tertiary alicyclic amines) is 1. The molecule has 0 spiro atoms. The minimum atomic E-state index is -0.792. The SMILES string of the molecule is COc1ccc(C(c2ccc(C)cn2)N2CCCCC2C(=O)O)c(OC)c1. The summed E-state index contributed by atoms with van der Waals surface area (Å²) in [5.41, 5.74) is 2.77. The summed E-state index contributed by atoms with van der Waals surface area (Å²) < 4.78 is 10.9. The maximum absolute atomic E-state index is 11.9. The van der Waals surface area contributed by atoms with E-state index in [1.807, 2.05) is 48.4 Å². The second kappa shape index (κ2) is 8.39. The molecule has 1 N–H and O–H groups in total. The fourth-order valence-electron chi connectivity index (χ4n) is 3.72. The van der Waals surface area contributed by atoms with Crippen molar-refractivity contribution < 1.29 is 19.4 Å². The van der Waals surface area contributed by atoms with Crippen molar-refractivity contribution in [2.75, 3.05) is 20.8 Å². The number of nitrogens with zero attached hydrogens (tertiary/aromatic N) is 2. The summed E-state index contributed by atoms with van der Waals surface area (Å²) in [7, 11) is 3.22. The van der Waals surface area contributed by atoms with Crippen LogP contribution in [0.1, 0.15) is 42.1 Å². The lowest BCUT2D eigenvalue weighted by Crippen LogP contribution is -2.47. The zero-order chi connectivity index (χ0) is 19.4. The van der Waals surface area contributed by atoms with Gasteiger partial charge in [-0.2, -0.15) is 0 Å². The van der Waals surface area contributed by atoms with Crippen molar-refractivity contribution in [2.24, 2.45) is 0 Å². The highest BCUT2D eigenvalue weighted by Crippen LogP contribution is 2.39. The van der Waals surface area contributed by atoms with Gasteiger partial charge in [0.1, 0.15) is 17.5 Å². The van der Waals surface area contributed by atoms with Crippen LogP contribution >= 0.6 is 0 Å². The van der Waals surface area contributed by atoms with Gasteiger partial charge in [-0.25, -0.2) is 0 Å². The zero-order valence-corrected chi connectivity index (χ0v) is 16.0. The number of carbonyl (C=O) groups is 1. The van der Waals surface area contributed by atoms with E-state index in [1.165, 1.54) is 0 Å². The van der Waals surface area contributed by atoms with Crippen molar-refractivity contribution in [3.8, 4) is 11.5 Å². The highest BCUT2D eigenvalue weighted by Gasteiger charge is 2.37. The maximum Gasteiger partial charge on any atom is 0.320 e. The summed E-state index contributed by atoms with van der Waals surface area (Å²) in [4.78, 5) is 18.6. The highest BCUT2D eigenvalue weighted by atomic mass is 16.5. The molecule has 2 atom stereocenters. The van der Waals surface area contributed by atoms with Gasteiger partial charge in [-0.15, -0.1) is 0 Å². The van der Waals surface area contributed by atoms with E-state index in [4.69, 9.17) is 9.47 Å². The van der Waals surface area contributed by atoms with Crippen LogP contribution in [0.15, 0.2) is 36.5 Å². The smallest absolute Gasteiger partial charge is 0.320 e. The predicted molar refractivity (Wildman–Crippen MR) is 102 cm³/mol. The molecule has 27 heavy (non-hydrogen) atoms. The minimum absolute atomic E-state index is 0.298. The molecule has 2 heterocycles. The van der Waals surface area contributed by atoms with E-state index in [0.717, 1.165) is 29.7 Å². The molecule has 0 bridgehead atoms. The van der Waals surface area contributed by atoms with Gasteiger partial charge in [-0.05, 0) is 50.1 Å². The van der Waals surface area contributed by atoms with Crippen molar-refractivity contribution >= 4 is 5.97 Å². The molecule has 0 saturated carbocycles. The normalized spacial score (nSPS) is 18.7. The number of hydrogen-bond donors (Lipinski definition) is 1. The lowest BCUT2D eigenvalue weighted by Gasteiger charge is -2.39. The number of aryl methyl sites for hydroxylation is 1. The molecular formula is C21H26N2O4. The number of pyridine rings is 1. The van der Waals surface area contributed by atoms with E-state index < -0.39 is 12.0 Å². The molecule has 2 aromatic rings. The second-order valence-electron chi connectivity index (χ2n) is 6.86. The summed E-state index contributed by atoms with van der Waals surface area (Å²) in [5.74, 6) is 0.565. The molecule has 0 amide bonds. The molecule has 144 valence electrons. The van der Waals surface area contributed by atoms with Crippen molar-refractivity contribution in [1.29, 1.82) is 0 Å². The fraction of sp³-hybridized carbons (Fsp3) is 0.429. The van der Waals surface area contributed by atoms with Gasteiger partial charge in [0.05, 0.1) is 26.0 Å². The fourth-order valence-corrected chi connectivity index (χ4v) is 3.72. The topological polar surface area (TPSA) is 71.9 Å². The second-order valence-corrected chi connectivity index (χ2v) is 6.86. The summed E-state index contributed by atoms with van der Waals surface area (Å²) in [6.45, 7) is 2.69. The summed E-state index contributed by atoms with van der Waals surface area (Å²) in [6.07, 6.45) is 4.33. The quantitative estimate of drug-likeness (QED) is 0.840. The maximum atomic E-state index is 11.9. The molecule has 1 fully saturated rings. The van der Waals surface area contributed by atoms with Gasteiger partial charge in [-0.3, -0.25) is 14.7 Å². The summed E-state index contributed by atoms with van der Waals surface area (Å²) in [6, 6.07) is 8.78. The van der Waals surface area contributed by atoms with Crippen LogP contribution in [0.3, 0.4) is 0 Å².